The fraction of sp³-hybridized carbons (Fsp3) is 0.588. The van der Waals surface area contributed by atoms with Gasteiger partial charge in [-0.05, 0) is 42.9 Å². The van der Waals surface area contributed by atoms with Gasteiger partial charge in [0.1, 0.15) is 5.82 Å². The van der Waals surface area contributed by atoms with Gasteiger partial charge in [-0.25, -0.2) is 4.39 Å². The molecule has 120 valence electrons. The SMILES string of the molecule is O=C(c1ccccc1F)N1CCCN(C2CCSCC2)CC1. The van der Waals surface area contributed by atoms with Gasteiger partial charge in [-0.15, -0.1) is 0 Å². The Bertz CT molecular complexity index is 519. The molecule has 0 N–H and O–H groups in total. The largest absolute Gasteiger partial charge is 0.337 e. The van der Waals surface area contributed by atoms with Crippen molar-refractivity contribution in [2.45, 2.75) is 25.3 Å². The molecule has 0 aromatic heterocycles. The number of nitrogens with zero attached hydrogens (tertiary/aromatic N) is 2. The van der Waals surface area contributed by atoms with Crippen LogP contribution in [0.1, 0.15) is 29.6 Å². The van der Waals surface area contributed by atoms with Gasteiger partial charge in [0.05, 0.1) is 5.56 Å². The van der Waals surface area contributed by atoms with Crippen LogP contribution in [0.25, 0.3) is 0 Å². The van der Waals surface area contributed by atoms with Crippen LogP contribution in [0.5, 0.6) is 0 Å². The van der Waals surface area contributed by atoms with Crippen LogP contribution in [0.4, 0.5) is 4.39 Å². The summed E-state index contributed by atoms with van der Waals surface area (Å²) < 4.78 is 13.8. The molecule has 5 heteroatoms. The summed E-state index contributed by atoms with van der Waals surface area (Å²) in [5, 5.41) is 0. The molecule has 22 heavy (non-hydrogen) atoms. The van der Waals surface area contributed by atoms with Crippen LogP contribution in [0.3, 0.4) is 0 Å². The maximum absolute atomic E-state index is 13.8. The minimum atomic E-state index is -0.419. The first-order chi connectivity index (χ1) is 10.8. The van der Waals surface area contributed by atoms with Gasteiger partial charge in [0, 0.05) is 32.2 Å². The lowest BCUT2D eigenvalue weighted by molar-refractivity contribution is 0.0752. The van der Waals surface area contributed by atoms with E-state index in [0.717, 1.165) is 26.1 Å². The Morgan fingerprint density at radius 3 is 2.64 bits per heavy atom. The molecule has 3 nitrogen and oxygen atoms in total. The van der Waals surface area contributed by atoms with Gasteiger partial charge < -0.3 is 4.90 Å². The van der Waals surface area contributed by atoms with Crippen molar-refractivity contribution >= 4 is 17.7 Å². The fourth-order valence-electron chi connectivity index (χ4n) is 3.36. The lowest BCUT2D eigenvalue weighted by Gasteiger charge is -2.33. The molecule has 1 aromatic carbocycles. The zero-order valence-electron chi connectivity index (χ0n) is 12.8. The topological polar surface area (TPSA) is 23.6 Å². The number of halogens is 1. The van der Waals surface area contributed by atoms with Gasteiger partial charge in [0.15, 0.2) is 0 Å². The standard InChI is InChI=1S/C17H23FN2OS/c18-16-5-2-1-4-15(16)17(21)20-9-3-8-19(10-11-20)14-6-12-22-13-7-14/h1-2,4-5,14H,3,6-13H2. The molecule has 2 saturated heterocycles. The third-order valence-electron chi connectivity index (χ3n) is 4.63. The number of thioether (sulfide) groups is 1. The Hall–Kier alpha value is -1.07. The van der Waals surface area contributed by atoms with Crippen LogP contribution < -0.4 is 0 Å². The van der Waals surface area contributed by atoms with Crippen LogP contribution in [0.15, 0.2) is 24.3 Å². The van der Waals surface area contributed by atoms with E-state index in [1.54, 1.807) is 18.2 Å². The van der Waals surface area contributed by atoms with Crippen LogP contribution in [-0.4, -0.2) is 59.4 Å². The molecule has 0 atom stereocenters. The zero-order chi connectivity index (χ0) is 15.4. The van der Waals surface area contributed by atoms with Crippen molar-refractivity contribution in [3.63, 3.8) is 0 Å². The first kappa shape index (κ1) is 15.8. The molecular formula is C17H23FN2OS. The minimum absolute atomic E-state index is 0.167. The molecule has 2 aliphatic rings. The fourth-order valence-corrected chi connectivity index (χ4v) is 4.44. The average molecular weight is 322 g/mol. The van der Waals surface area contributed by atoms with Crippen molar-refractivity contribution in [3.05, 3.63) is 35.6 Å². The van der Waals surface area contributed by atoms with E-state index < -0.39 is 5.82 Å². The van der Waals surface area contributed by atoms with Crippen molar-refractivity contribution < 1.29 is 9.18 Å². The van der Waals surface area contributed by atoms with Crippen molar-refractivity contribution in [2.24, 2.45) is 0 Å². The van der Waals surface area contributed by atoms with E-state index in [-0.39, 0.29) is 11.5 Å². The van der Waals surface area contributed by atoms with Crippen molar-refractivity contribution in [1.29, 1.82) is 0 Å². The quantitative estimate of drug-likeness (QED) is 0.836. The third-order valence-corrected chi connectivity index (χ3v) is 5.68. The van der Waals surface area contributed by atoms with E-state index in [2.05, 4.69) is 4.90 Å². The summed E-state index contributed by atoms with van der Waals surface area (Å²) in [7, 11) is 0. The van der Waals surface area contributed by atoms with Gasteiger partial charge in [-0.3, -0.25) is 9.69 Å². The summed E-state index contributed by atoms with van der Waals surface area (Å²) in [5.74, 6) is 1.91. The lowest BCUT2D eigenvalue weighted by Crippen LogP contribution is -2.41. The Morgan fingerprint density at radius 2 is 1.86 bits per heavy atom. The van der Waals surface area contributed by atoms with Crippen LogP contribution in [0, 0.1) is 5.82 Å². The van der Waals surface area contributed by atoms with E-state index in [0.29, 0.717) is 12.6 Å². The highest BCUT2D eigenvalue weighted by molar-refractivity contribution is 7.99. The highest BCUT2D eigenvalue weighted by atomic mass is 32.2. The first-order valence-electron chi connectivity index (χ1n) is 8.11. The lowest BCUT2D eigenvalue weighted by atomic mass is 10.1. The van der Waals surface area contributed by atoms with Gasteiger partial charge in [-0.1, -0.05) is 12.1 Å². The van der Waals surface area contributed by atoms with Crippen molar-refractivity contribution in [2.75, 3.05) is 37.7 Å². The number of hydrogen-bond donors (Lipinski definition) is 0. The summed E-state index contributed by atoms with van der Waals surface area (Å²) in [6.45, 7) is 3.40. The number of hydrogen-bond acceptors (Lipinski definition) is 3. The molecule has 0 bridgehead atoms. The van der Waals surface area contributed by atoms with Crippen molar-refractivity contribution in [1.82, 2.24) is 9.80 Å². The van der Waals surface area contributed by atoms with E-state index in [9.17, 15) is 9.18 Å². The first-order valence-corrected chi connectivity index (χ1v) is 9.27. The zero-order valence-corrected chi connectivity index (χ0v) is 13.7. The molecule has 1 aromatic rings. The molecule has 2 aliphatic heterocycles. The predicted molar refractivity (Wildman–Crippen MR) is 88.8 cm³/mol. The van der Waals surface area contributed by atoms with Crippen LogP contribution >= 0.6 is 11.8 Å². The molecule has 0 saturated carbocycles. The van der Waals surface area contributed by atoms with Crippen molar-refractivity contribution in [3.8, 4) is 0 Å². The molecular weight excluding hydrogens is 299 g/mol. The monoisotopic (exact) mass is 322 g/mol. The molecule has 1 amide bonds. The Morgan fingerprint density at radius 1 is 1.09 bits per heavy atom. The Kier molecular flexibility index (Phi) is 5.37. The number of carbonyl (C=O) groups is 1. The van der Waals surface area contributed by atoms with Gasteiger partial charge in [0.25, 0.3) is 5.91 Å². The van der Waals surface area contributed by atoms with Gasteiger partial charge in [-0.2, -0.15) is 11.8 Å². The summed E-state index contributed by atoms with van der Waals surface area (Å²) in [6, 6.07) is 6.96. The molecule has 0 aliphatic carbocycles. The van der Waals surface area contributed by atoms with Crippen LogP contribution in [0.2, 0.25) is 0 Å². The Labute approximate surface area is 135 Å². The maximum atomic E-state index is 13.8. The summed E-state index contributed by atoms with van der Waals surface area (Å²) in [6.07, 6.45) is 3.49. The Balaban J connectivity index is 1.62. The highest BCUT2D eigenvalue weighted by Crippen LogP contribution is 2.23. The van der Waals surface area contributed by atoms with Crippen LogP contribution in [-0.2, 0) is 0 Å². The van der Waals surface area contributed by atoms with E-state index >= 15 is 0 Å². The van der Waals surface area contributed by atoms with E-state index in [1.165, 1.54) is 30.4 Å². The van der Waals surface area contributed by atoms with E-state index in [4.69, 9.17) is 0 Å². The molecule has 3 rings (SSSR count). The number of carbonyl (C=O) groups excluding carboxylic acids is 1. The summed E-state index contributed by atoms with van der Waals surface area (Å²) in [5.41, 5.74) is 0.199. The maximum Gasteiger partial charge on any atom is 0.256 e. The van der Waals surface area contributed by atoms with Gasteiger partial charge in [0.2, 0.25) is 0 Å². The summed E-state index contributed by atoms with van der Waals surface area (Å²) >= 11 is 2.04. The molecule has 0 unspecified atom stereocenters. The second kappa shape index (κ2) is 7.47. The average Bonchev–Trinajstić information content (AvgIpc) is 2.81. The van der Waals surface area contributed by atoms with Gasteiger partial charge >= 0.3 is 0 Å². The summed E-state index contributed by atoms with van der Waals surface area (Å²) in [4.78, 5) is 16.9. The second-order valence-corrected chi connectivity index (χ2v) is 7.23. The highest BCUT2D eigenvalue weighted by Gasteiger charge is 2.26. The molecule has 0 radical (unpaired) electrons. The number of amides is 1. The molecule has 0 spiro atoms. The predicted octanol–water partition coefficient (Wildman–Crippen LogP) is 2.87. The number of benzene rings is 1. The smallest absolute Gasteiger partial charge is 0.256 e. The third kappa shape index (κ3) is 3.63. The molecule has 2 heterocycles. The second-order valence-electron chi connectivity index (χ2n) is 6.01. The van der Waals surface area contributed by atoms with E-state index in [1.807, 2.05) is 16.7 Å². The normalized spacial score (nSPS) is 21.6. The molecule has 2 fully saturated rings. The number of rotatable bonds is 2. The minimum Gasteiger partial charge on any atom is -0.337 e.